The molecule has 1 amide bonds. The number of rotatable bonds is 6. The Morgan fingerprint density at radius 3 is 2.52 bits per heavy atom. The van der Waals surface area contributed by atoms with Gasteiger partial charge in [0.05, 0.1) is 6.20 Å². The van der Waals surface area contributed by atoms with E-state index in [9.17, 15) is 4.79 Å². The standard InChI is InChI=1S/C20H22N6O/c1-4-26(18-7-5-6-14(2)12-18)20-24-19(13-21-25-20)23-17-10-8-16(9-11-17)22-15(3)27/h5-13H,4H2,1-3H3,(H,22,27)(H,23,24,25). The lowest BCUT2D eigenvalue weighted by atomic mass is 10.2. The van der Waals surface area contributed by atoms with Crippen molar-refractivity contribution in [3.8, 4) is 0 Å². The van der Waals surface area contributed by atoms with Crippen LogP contribution in [0.25, 0.3) is 0 Å². The van der Waals surface area contributed by atoms with E-state index >= 15 is 0 Å². The van der Waals surface area contributed by atoms with Gasteiger partial charge in [-0.1, -0.05) is 12.1 Å². The van der Waals surface area contributed by atoms with Crippen LogP contribution in [0, 0.1) is 6.92 Å². The molecule has 2 N–H and O–H groups in total. The van der Waals surface area contributed by atoms with Crippen molar-refractivity contribution in [2.75, 3.05) is 22.1 Å². The van der Waals surface area contributed by atoms with Gasteiger partial charge in [0.25, 0.3) is 5.95 Å². The molecule has 0 saturated carbocycles. The topological polar surface area (TPSA) is 83.0 Å². The summed E-state index contributed by atoms with van der Waals surface area (Å²) in [4.78, 5) is 17.7. The van der Waals surface area contributed by atoms with Crippen LogP contribution in [0.3, 0.4) is 0 Å². The van der Waals surface area contributed by atoms with Crippen LogP contribution in [-0.2, 0) is 4.79 Å². The average Bonchev–Trinajstić information content (AvgIpc) is 2.64. The first kappa shape index (κ1) is 18.3. The molecular formula is C20H22N6O. The second kappa shape index (κ2) is 8.27. The van der Waals surface area contributed by atoms with Gasteiger partial charge < -0.3 is 15.5 Å². The molecule has 0 saturated heterocycles. The van der Waals surface area contributed by atoms with Gasteiger partial charge >= 0.3 is 0 Å². The van der Waals surface area contributed by atoms with Crippen molar-refractivity contribution < 1.29 is 4.79 Å². The van der Waals surface area contributed by atoms with E-state index < -0.39 is 0 Å². The number of amides is 1. The zero-order chi connectivity index (χ0) is 19.2. The lowest BCUT2D eigenvalue weighted by Crippen LogP contribution is -2.19. The van der Waals surface area contributed by atoms with Crippen molar-refractivity contribution in [2.24, 2.45) is 0 Å². The number of anilines is 5. The van der Waals surface area contributed by atoms with E-state index in [1.165, 1.54) is 12.5 Å². The minimum atomic E-state index is -0.101. The van der Waals surface area contributed by atoms with E-state index in [1.807, 2.05) is 48.2 Å². The molecular weight excluding hydrogens is 340 g/mol. The number of benzene rings is 2. The van der Waals surface area contributed by atoms with E-state index in [0.29, 0.717) is 11.8 Å². The lowest BCUT2D eigenvalue weighted by molar-refractivity contribution is -0.114. The van der Waals surface area contributed by atoms with Crippen molar-refractivity contribution in [3.63, 3.8) is 0 Å². The summed E-state index contributed by atoms with van der Waals surface area (Å²) >= 11 is 0. The van der Waals surface area contributed by atoms with Gasteiger partial charge in [-0.25, -0.2) is 0 Å². The Morgan fingerprint density at radius 2 is 1.85 bits per heavy atom. The van der Waals surface area contributed by atoms with Crippen LogP contribution < -0.4 is 15.5 Å². The Kier molecular flexibility index (Phi) is 5.61. The molecule has 0 aliphatic heterocycles. The van der Waals surface area contributed by atoms with Crippen molar-refractivity contribution in [1.82, 2.24) is 15.2 Å². The molecule has 0 radical (unpaired) electrons. The SMILES string of the molecule is CCN(c1cccc(C)c1)c1nncc(Nc2ccc(NC(C)=O)cc2)n1. The van der Waals surface area contributed by atoms with Gasteiger partial charge in [0, 0.05) is 30.5 Å². The highest BCUT2D eigenvalue weighted by molar-refractivity contribution is 5.88. The molecule has 138 valence electrons. The van der Waals surface area contributed by atoms with E-state index in [2.05, 4.69) is 44.9 Å². The molecule has 0 atom stereocenters. The predicted molar refractivity (Wildman–Crippen MR) is 108 cm³/mol. The fourth-order valence-electron chi connectivity index (χ4n) is 2.69. The normalized spacial score (nSPS) is 10.3. The van der Waals surface area contributed by atoms with Gasteiger partial charge in [-0.15, -0.1) is 5.10 Å². The Labute approximate surface area is 158 Å². The van der Waals surface area contributed by atoms with Crippen molar-refractivity contribution in [3.05, 3.63) is 60.3 Å². The highest BCUT2D eigenvalue weighted by Crippen LogP contribution is 2.24. The van der Waals surface area contributed by atoms with Crippen molar-refractivity contribution in [1.29, 1.82) is 0 Å². The molecule has 0 bridgehead atoms. The summed E-state index contributed by atoms with van der Waals surface area (Å²) in [5, 5.41) is 14.2. The lowest BCUT2D eigenvalue weighted by Gasteiger charge is -2.21. The molecule has 3 rings (SSSR count). The van der Waals surface area contributed by atoms with Gasteiger partial charge in [-0.3, -0.25) is 4.79 Å². The highest BCUT2D eigenvalue weighted by atomic mass is 16.1. The number of hydrogen-bond donors (Lipinski definition) is 2. The van der Waals surface area contributed by atoms with Gasteiger partial charge in [0.1, 0.15) is 0 Å². The van der Waals surface area contributed by atoms with Crippen LogP contribution in [0.5, 0.6) is 0 Å². The predicted octanol–water partition coefficient (Wildman–Crippen LogP) is 4.04. The average molecular weight is 362 g/mol. The van der Waals surface area contributed by atoms with E-state index in [-0.39, 0.29) is 5.91 Å². The summed E-state index contributed by atoms with van der Waals surface area (Å²) in [7, 11) is 0. The van der Waals surface area contributed by atoms with Crippen LogP contribution in [0.15, 0.2) is 54.7 Å². The number of carbonyl (C=O) groups is 1. The number of aromatic nitrogens is 3. The first-order chi connectivity index (χ1) is 13.0. The Balaban J connectivity index is 1.79. The quantitative estimate of drug-likeness (QED) is 0.689. The van der Waals surface area contributed by atoms with E-state index in [1.54, 1.807) is 6.20 Å². The largest absolute Gasteiger partial charge is 0.339 e. The molecule has 3 aromatic rings. The monoisotopic (exact) mass is 362 g/mol. The molecule has 0 spiro atoms. The number of nitrogens with one attached hydrogen (secondary N) is 2. The van der Waals surface area contributed by atoms with E-state index in [4.69, 9.17) is 0 Å². The maximum atomic E-state index is 11.1. The molecule has 0 aliphatic rings. The molecule has 0 fully saturated rings. The summed E-state index contributed by atoms with van der Waals surface area (Å²) in [5.41, 5.74) is 3.78. The molecule has 0 aliphatic carbocycles. The number of aryl methyl sites for hydroxylation is 1. The molecule has 7 heteroatoms. The zero-order valence-corrected chi connectivity index (χ0v) is 15.6. The first-order valence-electron chi connectivity index (χ1n) is 8.74. The van der Waals surface area contributed by atoms with Gasteiger partial charge in [0.15, 0.2) is 5.82 Å². The molecule has 27 heavy (non-hydrogen) atoms. The van der Waals surface area contributed by atoms with Crippen LogP contribution in [0.2, 0.25) is 0 Å². The molecule has 0 unspecified atom stereocenters. The van der Waals surface area contributed by atoms with Crippen molar-refractivity contribution in [2.45, 2.75) is 20.8 Å². The maximum Gasteiger partial charge on any atom is 0.251 e. The van der Waals surface area contributed by atoms with Crippen LogP contribution >= 0.6 is 0 Å². The number of carbonyl (C=O) groups excluding carboxylic acids is 1. The Morgan fingerprint density at radius 1 is 1.11 bits per heavy atom. The Bertz CT molecular complexity index is 926. The van der Waals surface area contributed by atoms with Crippen molar-refractivity contribution >= 4 is 34.7 Å². The minimum absolute atomic E-state index is 0.101. The third kappa shape index (κ3) is 4.78. The van der Waals surface area contributed by atoms with Gasteiger partial charge in [-0.05, 0) is 55.8 Å². The van der Waals surface area contributed by atoms with Gasteiger partial charge in [0.2, 0.25) is 5.91 Å². The second-order valence-electron chi connectivity index (χ2n) is 6.11. The summed E-state index contributed by atoms with van der Waals surface area (Å²) in [6.45, 7) is 6.31. The second-order valence-corrected chi connectivity index (χ2v) is 6.11. The highest BCUT2D eigenvalue weighted by Gasteiger charge is 2.12. The summed E-state index contributed by atoms with van der Waals surface area (Å²) in [5.74, 6) is 1.03. The maximum absolute atomic E-state index is 11.1. The summed E-state index contributed by atoms with van der Waals surface area (Å²) in [6.07, 6.45) is 1.58. The third-order valence-electron chi connectivity index (χ3n) is 3.90. The zero-order valence-electron chi connectivity index (χ0n) is 15.6. The van der Waals surface area contributed by atoms with Crippen LogP contribution in [-0.4, -0.2) is 27.6 Å². The fraction of sp³-hybridized carbons (Fsp3) is 0.200. The molecule has 1 aromatic heterocycles. The summed E-state index contributed by atoms with van der Waals surface area (Å²) < 4.78 is 0. The number of hydrogen-bond acceptors (Lipinski definition) is 6. The smallest absolute Gasteiger partial charge is 0.251 e. The van der Waals surface area contributed by atoms with Crippen LogP contribution in [0.4, 0.5) is 28.8 Å². The first-order valence-corrected chi connectivity index (χ1v) is 8.74. The fourth-order valence-corrected chi connectivity index (χ4v) is 2.69. The minimum Gasteiger partial charge on any atom is -0.339 e. The third-order valence-corrected chi connectivity index (χ3v) is 3.90. The molecule has 1 heterocycles. The van der Waals surface area contributed by atoms with Crippen LogP contribution in [0.1, 0.15) is 19.4 Å². The van der Waals surface area contributed by atoms with Gasteiger partial charge in [-0.2, -0.15) is 10.1 Å². The Hall–Kier alpha value is -3.48. The number of nitrogens with zero attached hydrogens (tertiary/aromatic N) is 4. The molecule has 2 aromatic carbocycles. The summed E-state index contributed by atoms with van der Waals surface area (Å²) in [6, 6.07) is 15.6. The van der Waals surface area contributed by atoms with E-state index in [0.717, 1.165) is 23.6 Å². The molecule has 7 nitrogen and oxygen atoms in total.